The molecule has 0 saturated carbocycles. The van der Waals surface area contributed by atoms with Gasteiger partial charge in [-0.25, -0.2) is 4.79 Å². The summed E-state index contributed by atoms with van der Waals surface area (Å²) in [6.07, 6.45) is 0.726. The first-order chi connectivity index (χ1) is 15.4. The molecule has 6 nitrogen and oxygen atoms in total. The molecule has 2 heterocycles. The van der Waals surface area contributed by atoms with Crippen molar-refractivity contribution >= 4 is 44.8 Å². The maximum Gasteiger partial charge on any atom is 0.331 e. The molecule has 0 saturated heterocycles. The fourth-order valence-corrected chi connectivity index (χ4v) is 4.94. The van der Waals surface area contributed by atoms with Crippen LogP contribution < -0.4 is 16.0 Å². The third kappa shape index (κ3) is 4.47. The number of aromatic nitrogens is 2. The lowest BCUT2D eigenvalue weighted by atomic mass is 10.1. The minimum absolute atomic E-state index is 0.113. The van der Waals surface area contributed by atoms with Gasteiger partial charge in [-0.05, 0) is 42.3 Å². The molecule has 0 radical (unpaired) electrons. The van der Waals surface area contributed by atoms with Crippen molar-refractivity contribution in [1.82, 2.24) is 9.13 Å². The predicted octanol–water partition coefficient (Wildman–Crippen LogP) is 4.83. The molecule has 0 aliphatic rings. The van der Waals surface area contributed by atoms with Gasteiger partial charge in [0.2, 0.25) is 0 Å². The Labute approximate surface area is 197 Å². The molecule has 0 amide bonds. The van der Waals surface area contributed by atoms with E-state index in [1.165, 1.54) is 20.5 Å². The van der Waals surface area contributed by atoms with E-state index in [9.17, 15) is 14.7 Å². The monoisotopic (exact) mass is 490 g/mol. The van der Waals surface area contributed by atoms with Crippen molar-refractivity contribution in [2.45, 2.75) is 19.4 Å². The van der Waals surface area contributed by atoms with Gasteiger partial charge in [-0.2, -0.15) is 0 Å². The highest BCUT2D eigenvalue weighted by molar-refractivity contribution is 7.20. The number of nitrogens with zero attached hydrogens (tertiary/aromatic N) is 2. The zero-order valence-corrected chi connectivity index (χ0v) is 19.5. The van der Waals surface area contributed by atoms with E-state index in [-0.39, 0.29) is 13.2 Å². The van der Waals surface area contributed by atoms with Gasteiger partial charge in [0.15, 0.2) is 5.06 Å². The molecule has 4 aromatic rings. The average molecular weight is 491 g/mol. The van der Waals surface area contributed by atoms with Crippen LogP contribution in [0, 0.1) is 0 Å². The smallest absolute Gasteiger partial charge is 0.331 e. The summed E-state index contributed by atoms with van der Waals surface area (Å²) in [6, 6.07) is 14.4. The second-order valence-electron chi connectivity index (χ2n) is 7.29. The molecule has 4 rings (SSSR count). The van der Waals surface area contributed by atoms with Gasteiger partial charge in [0.1, 0.15) is 10.6 Å². The summed E-state index contributed by atoms with van der Waals surface area (Å²) >= 11 is 13.4. The molecular formula is C23H20Cl2N2O4S. The van der Waals surface area contributed by atoms with Crippen molar-refractivity contribution in [2.75, 3.05) is 6.61 Å². The number of fused-ring (bicyclic) bond motifs is 1. The van der Waals surface area contributed by atoms with Crippen LogP contribution in [0.5, 0.6) is 10.8 Å². The minimum Gasteiger partial charge on any atom is -0.446 e. The Bertz CT molecular complexity index is 1390. The second-order valence-corrected chi connectivity index (χ2v) is 9.12. The van der Waals surface area contributed by atoms with Crippen molar-refractivity contribution in [3.63, 3.8) is 0 Å². The zero-order valence-electron chi connectivity index (χ0n) is 17.2. The van der Waals surface area contributed by atoms with E-state index < -0.39 is 11.2 Å². The van der Waals surface area contributed by atoms with Gasteiger partial charge in [-0.3, -0.25) is 13.9 Å². The van der Waals surface area contributed by atoms with Crippen LogP contribution in [-0.4, -0.2) is 20.8 Å². The van der Waals surface area contributed by atoms with Gasteiger partial charge < -0.3 is 9.84 Å². The maximum absolute atomic E-state index is 13.4. The average Bonchev–Trinajstić information content (AvgIpc) is 3.12. The second kappa shape index (κ2) is 9.50. The van der Waals surface area contributed by atoms with Crippen LogP contribution in [0.3, 0.4) is 0 Å². The summed E-state index contributed by atoms with van der Waals surface area (Å²) < 4.78 is 8.77. The quantitative estimate of drug-likeness (QED) is 0.402. The van der Waals surface area contributed by atoms with Crippen molar-refractivity contribution in [3.05, 3.63) is 90.5 Å². The molecular weight excluding hydrogens is 471 g/mol. The minimum atomic E-state index is -0.426. The van der Waals surface area contributed by atoms with Gasteiger partial charge in [0.05, 0.1) is 5.39 Å². The van der Waals surface area contributed by atoms with Gasteiger partial charge in [0.25, 0.3) is 5.56 Å². The lowest BCUT2D eigenvalue weighted by molar-refractivity contribution is 0.277. The molecule has 1 N–H and O–H groups in total. The van der Waals surface area contributed by atoms with Crippen LogP contribution in [0.25, 0.3) is 10.2 Å². The highest BCUT2D eigenvalue weighted by Crippen LogP contribution is 2.40. The van der Waals surface area contributed by atoms with Crippen LogP contribution >= 0.6 is 34.5 Å². The van der Waals surface area contributed by atoms with E-state index in [2.05, 4.69) is 0 Å². The summed E-state index contributed by atoms with van der Waals surface area (Å²) in [7, 11) is 1.63. The number of rotatable bonds is 7. The fourth-order valence-electron chi connectivity index (χ4n) is 3.49. The Morgan fingerprint density at radius 3 is 2.50 bits per heavy atom. The molecule has 0 fully saturated rings. The lowest BCUT2D eigenvalue weighted by Crippen LogP contribution is -2.39. The summed E-state index contributed by atoms with van der Waals surface area (Å²) in [4.78, 5) is 26.7. The molecule has 2 aromatic heterocycles. The van der Waals surface area contributed by atoms with Gasteiger partial charge in [0, 0.05) is 42.2 Å². The molecule has 0 unspecified atom stereocenters. The first-order valence-corrected chi connectivity index (χ1v) is 11.5. The molecule has 0 bridgehead atoms. The fraction of sp³-hybridized carbons (Fsp3) is 0.217. The van der Waals surface area contributed by atoms with Gasteiger partial charge in [-0.15, -0.1) is 0 Å². The van der Waals surface area contributed by atoms with E-state index >= 15 is 0 Å². The largest absolute Gasteiger partial charge is 0.446 e. The molecule has 0 aliphatic heterocycles. The number of aryl methyl sites for hydroxylation is 1. The van der Waals surface area contributed by atoms with Crippen LogP contribution in [0.4, 0.5) is 0 Å². The topological polar surface area (TPSA) is 73.5 Å². The van der Waals surface area contributed by atoms with E-state index in [0.29, 0.717) is 49.5 Å². The first-order valence-electron chi connectivity index (χ1n) is 9.93. The van der Waals surface area contributed by atoms with Crippen LogP contribution in [0.1, 0.15) is 17.5 Å². The standard InChI is InChI=1S/C23H20Cl2N2O4S/c1-26-21-19(20(29)27(23(26)30)10-3-11-28)18(12-14-6-8-15(24)9-7-14)22(32-21)31-17-5-2-4-16(25)13-17/h2,4-9,13,28H,3,10-12H2,1H3. The van der Waals surface area contributed by atoms with Crippen molar-refractivity contribution in [2.24, 2.45) is 7.05 Å². The van der Waals surface area contributed by atoms with E-state index in [0.717, 1.165) is 5.56 Å². The Balaban J connectivity index is 1.93. The molecule has 0 spiro atoms. The van der Waals surface area contributed by atoms with E-state index in [1.807, 2.05) is 12.1 Å². The molecule has 2 aromatic carbocycles. The van der Waals surface area contributed by atoms with Gasteiger partial charge in [-0.1, -0.05) is 52.7 Å². The Morgan fingerprint density at radius 1 is 1.06 bits per heavy atom. The SMILES string of the molecule is Cn1c(=O)n(CCCO)c(=O)c2c(Cc3ccc(Cl)cc3)c(Oc3cccc(Cl)c3)sc21. The zero-order chi connectivity index (χ0) is 22.8. The Hall–Kier alpha value is -2.58. The number of thiophene rings is 1. The van der Waals surface area contributed by atoms with E-state index in [4.69, 9.17) is 27.9 Å². The normalized spacial score (nSPS) is 11.2. The third-order valence-electron chi connectivity index (χ3n) is 5.07. The Morgan fingerprint density at radius 2 is 1.81 bits per heavy atom. The highest BCUT2D eigenvalue weighted by Gasteiger charge is 2.22. The van der Waals surface area contributed by atoms with Crippen molar-refractivity contribution in [1.29, 1.82) is 0 Å². The number of hydrogen-bond donors (Lipinski definition) is 1. The summed E-state index contributed by atoms with van der Waals surface area (Å²) in [5, 5.41) is 11.3. The molecule has 32 heavy (non-hydrogen) atoms. The highest BCUT2D eigenvalue weighted by atomic mass is 35.5. The maximum atomic E-state index is 13.4. The number of benzene rings is 2. The van der Waals surface area contributed by atoms with Crippen LogP contribution in [0.15, 0.2) is 58.1 Å². The summed E-state index contributed by atoms with van der Waals surface area (Å²) in [5.74, 6) is 0.534. The number of ether oxygens (including phenoxy) is 1. The number of aliphatic hydroxyl groups excluding tert-OH is 1. The number of halogens is 2. The van der Waals surface area contributed by atoms with E-state index in [1.54, 1.807) is 43.4 Å². The molecule has 0 atom stereocenters. The third-order valence-corrected chi connectivity index (χ3v) is 6.75. The Kier molecular flexibility index (Phi) is 6.71. The first kappa shape index (κ1) is 22.6. The van der Waals surface area contributed by atoms with Crippen LogP contribution in [-0.2, 0) is 20.0 Å². The molecule has 9 heteroatoms. The van der Waals surface area contributed by atoms with Crippen molar-refractivity contribution in [3.8, 4) is 10.8 Å². The molecule has 0 aliphatic carbocycles. The van der Waals surface area contributed by atoms with Crippen LogP contribution in [0.2, 0.25) is 10.0 Å². The lowest BCUT2D eigenvalue weighted by Gasteiger charge is -2.09. The summed E-state index contributed by atoms with van der Waals surface area (Å²) in [6.45, 7) is 0.0245. The number of aliphatic hydroxyl groups is 1. The summed E-state index contributed by atoms with van der Waals surface area (Å²) in [5.41, 5.74) is 0.813. The van der Waals surface area contributed by atoms with Crippen molar-refractivity contribution < 1.29 is 9.84 Å². The molecule has 166 valence electrons. The van der Waals surface area contributed by atoms with Gasteiger partial charge >= 0.3 is 5.69 Å². The number of hydrogen-bond acceptors (Lipinski definition) is 5. The predicted molar refractivity (Wildman–Crippen MR) is 129 cm³/mol.